The van der Waals surface area contributed by atoms with Crippen molar-refractivity contribution >= 4 is 27.5 Å². The maximum Gasteiger partial charge on any atom is 0.175 e. The van der Waals surface area contributed by atoms with Crippen molar-refractivity contribution in [1.29, 1.82) is 0 Å². The van der Waals surface area contributed by atoms with Crippen LogP contribution in [0.3, 0.4) is 0 Å². The molecule has 0 fully saturated rings. The Morgan fingerprint density at radius 3 is 2.64 bits per heavy atom. The summed E-state index contributed by atoms with van der Waals surface area (Å²) in [5.74, 6) is 0.881. The minimum Gasteiger partial charge on any atom is -0.490 e. The van der Waals surface area contributed by atoms with Gasteiger partial charge in [-0.15, -0.1) is 0 Å². The van der Waals surface area contributed by atoms with E-state index >= 15 is 0 Å². The van der Waals surface area contributed by atoms with Gasteiger partial charge in [-0.25, -0.2) is 4.39 Å². The highest BCUT2D eigenvalue weighted by atomic mass is 79.9. The zero-order valence-electron chi connectivity index (χ0n) is 16.2. The quantitative estimate of drug-likeness (QED) is 0.398. The van der Waals surface area contributed by atoms with Crippen LogP contribution in [0.25, 0.3) is 0 Å². The van der Waals surface area contributed by atoms with Crippen molar-refractivity contribution in [3.63, 3.8) is 0 Å². The topological polar surface area (TPSA) is 39.7 Å². The largest absolute Gasteiger partial charge is 0.490 e. The molecule has 0 atom stereocenters. The standard InChI is InChI=1S/C21H26BrClFNO3/c1-3-26-9-5-8-25-13-15-10-18(22)21(20(11-15)27-4-2)28-14-16-6-7-17(24)12-19(16)23/h6-7,10-12,25H,3-5,8-9,13-14H2,1-2H3. The summed E-state index contributed by atoms with van der Waals surface area (Å²) in [7, 11) is 0. The molecule has 0 spiro atoms. The number of nitrogens with one attached hydrogen (secondary N) is 1. The van der Waals surface area contributed by atoms with E-state index in [9.17, 15) is 4.39 Å². The van der Waals surface area contributed by atoms with E-state index in [2.05, 4.69) is 21.2 Å². The van der Waals surface area contributed by atoms with Gasteiger partial charge in [0.05, 0.1) is 16.1 Å². The van der Waals surface area contributed by atoms with Crippen molar-refractivity contribution < 1.29 is 18.6 Å². The van der Waals surface area contributed by atoms with Crippen LogP contribution in [0.1, 0.15) is 31.4 Å². The molecule has 28 heavy (non-hydrogen) atoms. The molecule has 0 aliphatic rings. The number of benzene rings is 2. The van der Waals surface area contributed by atoms with Crippen LogP contribution in [0.2, 0.25) is 5.02 Å². The van der Waals surface area contributed by atoms with Crippen LogP contribution in [-0.4, -0.2) is 26.4 Å². The number of hydrogen-bond acceptors (Lipinski definition) is 4. The van der Waals surface area contributed by atoms with E-state index < -0.39 is 0 Å². The molecule has 0 heterocycles. The van der Waals surface area contributed by atoms with Gasteiger partial charge in [0.25, 0.3) is 0 Å². The summed E-state index contributed by atoms with van der Waals surface area (Å²) < 4.78 is 31.0. The van der Waals surface area contributed by atoms with Crippen LogP contribution in [0.15, 0.2) is 34.8 Å². The molecule has 0 bridgehead atoms. The Balaban J connectivity index is 2.02. The van der Waals surface area contributed by atoms with Crippen LogP contribution in [0.4, 0.5) is 4.39 Å². The third-order valence-electron chi connectivity index (χ3n) is 3.93. The van der Waals surface area contributed by atoms with Crippen molar-refractivity contribution in [1.82, 2.24) is 5.32 Å². The van der Waals surface area contributed by atoms with E-state index in [0.29, 0.717) is 28.7 Å². The van der Waals surface area contributed by atoms with Crippen molar-refractivity contribution in [3.05, 3.63) is 56.8 Å². The van der Waals surface area contributed by atoms with Gasteiger partial charge in [-0.2, -0.15) is 0 Å². The molecule has 0 aliphatic heterocycles. The molecule has 2 rings (SSSR count). The first-order chi connectivity index (χ1) is 13.5. The second-order valence-corrected chi connectivity index (χ2v) is 7.35. The molecule has 0 aromatic heterocycles. The lowest BCUT2D eigenvalue weighted by molar-refractivity contribution is 0.144. The molecule has 2 aromatic rings. The average molecular weight is 475 g/mol. The molecule has 0 unspecified atom stereocenters. The van der Waals surface area contributed by atoms with E-state index in [1.165, 1.54) is 12.1 Å². The summed E-state index contributed by atoms with van der Waals surface area (Å²) in [4.78, 5) is 0. The lowest BCUT2D eigenvalue weighted by Gasteiger charge is -2.16. The second kappa shape index (κ2) is 12.3. The lowest BCUT2D eigenvalue weighted by atomic mass is 10.2. The zero-order chi connectivity index (χ0) is 20.4. The summed E-state index contributed by atoms with van der Waals surface area (Å²) in [6.07, 6.45) is 0.965. The average Bonchev–Trinajstić information content (AvgIpc) is 2.65. The summed E-state index contributed by atoms with van der Waals surface area (Å²) in [6, 6.07) is 8.22. The van der Waals surface area contributed by atoms with Crippen molar-refractivity contribution in [3.8, 4) is 11.5 Å². The molecule has 7 heteroatoms. The predicted octanol–water partition coefficient (Wildman–Crippen LogP) is 5.74. The lowest BCUT2D eigenvalue weighted by Crippen LogP contribution is -2.16. The molecule has 0 saturated carbocycles. The normalized spacial score (nSPS) is 10.9. The Kier molecular flexibility index (Phi) is 10.1. The minimum absolute atomic E-state index is 0.215. The highest BCUT2D eigenvalue weighted by molar-refractivity contribution is 9.10. The molecule has 1 N–H and O–H groups in total. The van der Waals surface area contributed by atoms with Crippen LogP contribution in [-0.2, 0) is 17.9 Å². The Morgan fingerprint density at radius 2 is 1.93 bits per heavy atom. The first-order valence-corrected chi connectivity index (χ1v) is 10.5. The number of halogens is 3. The second-order valence-electron chi connectivity index (χ2n) is 6.09. The highest BCUT2D eigenvalue weighted by Crippen LogP contribution is 2.37. The monoisotopic (exact) mass is 473 g/mol. The smallest absolute Gasteiger partial charge is 0.175 e. The van der Waals surface area contributed by atoms with Gasteiger partial charge in [0, 0.05) is 25.3 Å². The van der Waals surface area contributed by atoms with Gasteiger partial charge in [-0.1, -0.05) is 17.7 Å². The summed E-state index contributed by atoms with van der Waals surface area (Å²) in [5, 5.41) is 3.73. The fraction of sp³-hybridized carbons (Fsp3) is 0.429. The van der Waals surface area contributed by atoms with Gasteiger partial charge in [0.2, 0.25) is 0 Å². The van der Waals surface area contributed by atoms with Gasteiger partial charge in [0.15, 0.2) is 11.5 Å². The van der Waals surface area contributed by atoms with Crippen LogP contribution in [0.5, 0.6) is 11.5 Å². The Hall–Kier alpha value is -1.34. The number of ether oxygens (including phenoxy) is 3. The van der Waals surface area contributed by atoms with Crippen LogP contribution >= 0.6 is 27.5 Å². The summed E-state index contributed by atoms with van der Waals surface area (Å²) in [5.41, 5.74) is 1.79. The Labute approximate surface area is 179 Å². The van der Waals surface area contributed by atoms with Gasteiger partial charge in [-0.3, -0.25) is 0 Å². The molecule has 4 nitrogen and oxygen atoms in total. The number of rotatable bonds is 12. The first kappa shape index (κ1) is 22.9. The fourth-order valence-corrected chi connectivity index (χ4v) is 3.42. The van der Waals surface area contributed by atoms with E-state index in [4.69, 9.17) is 25.8 Å². The van der Waals surface area contributed by atoms with E-state index in [0.717, 1.165) is 42.8 Å². The predicted molar refractivity (Wildman–Crippen MR) is 114 cm³/mol. The van der Waals surface area contributed by atoms with Gasteiger partial charge >= 0.3 is 0 Å². The minimum atomic E-state index is -0.372. The Morgan fingerprint density at radius 1 is 1.11 bits per heavy atom. The van der Waals surface area contributed by atoms with E-state index in [1.807, 2.05) is 26.0 Å². The van der Waals surface area contributed by atoms with Crippen LogP contribution in [0, 0.1) is 5.82 Å². The van der Waals surface area contributed by atoms with E-state index in [-0.39, 0.29) is 12.4 Å². The maximum absolute atomic E-state index is 13.2. The highest BCUT2D eigenvalue weighted by Gasteiger charge is 2.13. The number of hydrogen-bond donors (Lipinski definition) is 1. The van der Waals surface area contributed by atoms with E-state index in [1.54, 1.807) is 6.07 Å². The third kappa shape index (κ3) is 7.24. The van der Waals surface area contributed by atoms with Gasteiger partial charge < -0.3 is 19.5 Å². The molecule has 0 saturated heterocycles. The van der Waals surface area contributed by atoms with Crippen molar-refractivity contribution in [2.75, 3.05) is 26.4 Å². The van der Waals surface area contributed by atoms with Crippen LogP contribution < -0.4 is 14.8 Å². The Bertz CT molecular complexity index is 761. The SMILES string of the molecule is CCOCCCNCc1cc(Br)c(OCc2ccc(F)cc2Cl)c(OCC)c1. The maximum atomic E-state index is 13.2. The van der Waals surface area contributed by atoms with Crippen molar-refractivity contribution in [2.45, 2.75) is 33.4 Å². The first-order valence-electron chi connectivity index (χ1n) is 9.35. The van der Waals surface area contributed by atoms with Gasteiger partial charge in [0.1, 0.15) is 12.4 Å². The fourth-order valence-electron chi connectivity index (χ4n) is 2.59. The molecule has 0 amide bonds. The summed E-state index contributed by atoms with van der Waals surface area (Å²) >= 11 is 9.65. The van der Waals surface area contributed by atoms with Crippen molar-refractivity contribution in [2.24, 2.45) is 0 Å². The molecular formula is C21H26BrClFNO3. The molecule has 0 radical (unpaired) electrons. The molecule has 2 aromatic carbocycles. The molecule has 0 aliphatic carbocycles. The summed E-state index contributed by atoms with van der Waals surface area (Å²) in [6.45, 7) is 7.75. The molecular weight excluding hydrogens is 449 g/mol. The zero-order valence-corrected chi connectivity index (χ0v) is 18.5. The van der Waals surface area contributed by atoms with Gasteiger partial charge in [-0.05, 0) is 72.6 Å². The molecule has 154 valence electrons. The third-order valence-corrected chi connectivity index (χ3v) is 4.87.